The minimum Gasteiger partial charge on any atom is -0.315 e. The van der Waals surface area contributed by atoms with Crippen LogP contribution in [0.2, 0.25) is 0 Å². The van der Waals surface area contributed by atoms with Crippen molar-refractivity contribution in [3.05, 3.63) is 71.9 Å². The molecule has 3 rings (SSSR count). The van der Waals surface area contributed by atoms with Gasteiger partial charge in [-0.2, -0.15) is 5.10 Å². The Labute approximate surface area is 204 Å². The molecule has 0 saturated heterocycles. The number of nitrogens with one attached hydrogen (secondary N) is 2. The summed E-state index contributed by atoms with van der Waals surface area (Å²) in [5.41, 5.74) is 1.44. The Bertz CT molecular complexity index is 1190. The number of aromatic nitrogens is 2. The average Bonchev–Trinajstić information content (AvgIpc) is 3.20. The fraction of sp³-hybridized carbons (Fsp3) is 0.346. The molecule has 0 unspecified atom stereocenters. The van der Waals surface area contributed by atoms with Gasteiger partial charge in [0, 0.05) is 29.8 Å². The van der Waals surface area contributed by atoms with Gasteiger partial charge in [0.2, 0.25) is 5.91 Å². The largest absolute Gasteiger partial charge is 0.322 e. The molecule has 0 fully saturated rings. The maximum absolute atomic E-state index is 13.5. The second-order valence-corrected chi connectivity index (χ2v) is 9.79. The van der Waals surface area contributed by atoms with Crippen LogP contribution in [-0.4, -0.2) is 39.7 Å². The molecule has 0 spiro atoms. The van der Waals surface area contributed by atoms with Gasteiger partial charge in [0.1, 0.15) is 12.4 Å². The molecule has 0 aliphatic rings. The van der Waals surface area contributed by atoms with Crippen LogP contribution >= 0.6 is 0 Å². The number of rotatable bonds is 7. The lowest BCUT2D eigenvalue weighted by Gasteiger charge is -2.24. The first-order valence-electron chi connectivity index (χ1n) is 11.4. The Morgan fingerprint density at radius 3 is 2.29 bits per heavy atom. The van der Waals surface area contributed by atoms with Crippen molar-refractivity contribution in [3.63, 3.8) is 0 Å². The molecular weight excluding hydrogens is 452 g/mol. The molecule has 0 atom stereocenters. The van der Waals surface area contributed by atoms with Crippen molar-refractivity contribution in [2.75, 3.05) is 23.7 Å². The lowest BCUT2D eigenvalue weighted by molar-refractivity contribution is -0.116. The summed E-state index contributed by atoms with van der Waals surface area (Å²) in [6.45, 7) is 9.97. The van der Waals surface area contributed by atoms with Gasteiger partial charge in [0.05, 0.1) is 11.4 Å². The molecule has 3 amide bonds. The maximum atomic E-state index is 13.5. The van der Waals surface area contributed by atoms with Crippen molar-refractivity contribution >= 4 is 23.4 Å². The van der Waals surface area contributed by atoms with Gasteiger partial charge in [-0.05, 0) is 30.2 Å². The van der Waals surface area contributed by atoms with E-state index in [1.54, 1.807) is 4.68 Å². The number of benzene rings is 2. The van der Waals surface area contributed by atoms with E-state index < -0.39 is 23.6 Å². The fourth-order valence-electron chi connectivity index (χ4n) is 3.39. The van der Waals surface area contributed by atoms with Crippen molar-refractivity contribution in [1.82, 2.24) is 14.7 Å². The van der Waals surface area contributed by atoms with Crippen molar-refractivity contribution in [2.24, 2.45) is 5.92 Å². The van der Waals surface area contributed by atoms with Gasteiger partial charge >= 0.3 is 6.03 Å². The van der Waals surface area contributed by atoms with Crippen LogP contribution in [-0.2, 0) is 10.2 Å². The number of nitrogens with zero attached hydrogens (tertiary/aromatic N) is 3. The molecule has 2 aromatic carbocycles. The first-order chi connectivity index (χ1) is 16.4. The quantitative estimate of drug-likeness (QED) is 0.461. The lowest BCUT2D eigenvalue weighted by atomic mass is 9.92. The Morgan fingerprint density at radius 2 is 1.69 bits per heavy atom. The summed E-state index contributed by atoms with van der Waals surface area (Å²) in [6, 6.07) is 13.7. The third kappa shape index (κ3) is 6.88. The number of carbonyl (C=O) groups excluding carboxylic acids is 2. The van der Waals surface area contributed by atoms with E-state index >= 15 is 0 Å². The topological polar surface area (TPSA) is 79.3 Å². The van der Waals surface area contributed by atoms with Gasteiger partial charge in [-0.15, -0.1) is 0 Å². The summed E-state index contributed by atoms with van der Waals surface area (Å²) < 4.78 is 28.4. The van der Waals surface area contributed by atoms with E-state index in [0.29, 0.717) is 5.82 Å². The summed E-state index contributed by atoms with van der Waals surface area (Å²) in [4.78, 5) is 27.2. The van der Waals surface area contributed by atoms with Crippen LogP contribution < -0.4 is 10.6 Å². The Hall–Kier alpha value is -3.75. The molecule has 0 aliphatic carbocycles. The first kappa shape index (κ1) is 25.9. The monoisotopic (exact) mass is 483 g/mol. The smallest absolute Gasteiger partial charge is 0.315 e. The predicted octanol–water partition coefficient (Wildman–Crippen LogP) is 5.58. The van der Waals surface area contributed by atoms with E-state index in [1.165, 1.54) is 11.0 Å². The molecule has 3 aromatic rings. The zero-order valence-corrected chi connectivity index (χ0v) is 20.6. The summed E-state index contributed by atoms with van der Waals surface area (Å²) >= 11 is 0. The van der Waals surface area contributed by atoms with E-state index in [4.69, 9.17) is 0 Å². The van der Waals surface area contributed by atoms with Crippen LogP contribution in [0.15, 0.2) is 54.6 Å². The van der Waals surface area contributed by atoms with Crippen molar-refractivity contribution in [1.29, 1.82) is 0 Å². The molecular formula is C26H31F2N5O2. The number of urea groups is 1. The van der Waals surface area contributed by atoms with Crippen LogP contribution in [0.3, 0.4) is 0 Å². The number of hydrogen-bond acceptors (Lipinski definition) is 3. The molecule has 1 aromatic heterocycles. The lowest BCUT2D eigenvalue weighted by Crippen LogP contribution is -2.42. The highest BCUT2D eigenvalue weighted by molar-refractivity contribution is 5.96. The molecule has 2 N–H and O–H groups in total. The summed E-state index contributed by atoms with van der Waals surface area (Å²) in [5.74, 6) is -1.94. The minimum absolute atomic E-state index is 0.0702. The van der Waals surface area contributed by atoms with Crippen LogP contribution in [0.1, 0.15) is 40.3 Å². The Balaban J connectivity index is 1.80. The van der Waals surface area contributed by atoms with Gasteiger partial charge in [0.25, 0.3) is 0 Å². The SMILES string of the molecule is CC(C)CN(CC(=O)Nc1cc(C(C)(C)C)nn1-c1ccccc1)C(=O)Nc1ccc(F)c(F)c1. The van der Waals surface area contributed by atoms with Gasteiger partial charge in [0.15, 0.2) is 11.6 Å². The zero-order chi connectivity index (χ0) is 25.8. The van der Waals surface area contributed by atoms with Gasteiger partial charge in [-0.3, -0.25) is 4.79 Å². The normalized spacial score (nSPS) is 11.4. The summed E-state index contributed by atoms with van der Waals surface area (Å²) in [5, 5.41) is 10.1. The van der Waals surface area contributed by atoms with E-state index in [1.807, 2.05) is 71.0 Å². The van der Waals surface area contributed by atoms with E-state index in [0.717, 1.165) is 23.5 Å². The van der Waals surface area contributed by atoms with E-state index in [-0.39, 0.29) is 30.1 Å². The second-order valence-electron chi connectivity index (χ2n) is 9.79. The van der Waals surface area contributed by atoms with E-state index in [9.17, 15) is 18.4 Å². The Morgan fingerprint density at radius 1 is 1.00 bits per heavy atom. The summed E-state index contributed by atoms with van der Waals surface area (Å²) in [7, 11) is 0. The van der Waals surface area contributed by atoms with Gasteiger partial charge < -0.3 is 15.5 Å². The van der Waals surface area contributed by atoms with Crippen molar-refractivity contribution in [3.8, 4) is 5.69 Å². The molecule has 7 nitrogen and oxygen atoms in total. The average molecular weight is 484 g/mol. The summed E-state index contributed by atoms with van der Waals surface area (Å²) in [6.07, 6.45) is 0. The highest BCUT2D eigenvalue weighted by atomic mass is 19.2. The van der Waals surface area contributed by atoms with Crippen LogP contribution in [0.4, 0.5) is 25.1 Å². The first-order valence-corrected chi connectivity index (χ1v) is 11.4. The number of anilines is 2. The predicted molar refractivity (Wildman–Crippen MR) is 133 cm³/mol. The highest BCUT2D eigenvalue weighted by Crippen LogP contribution is 2.26. The molecule has 0 aliphatic heterocycles. The third-order valence-electron chi connectivity index (χ3n) is 5.12. The van der Waals surface area contributed by atoms with Gasteiger partial charge in [-0.1, -0.05) is 52.8 Å². The standard InChI is InChI=1S/C26H31F2N5O2/c1-17(2)15-32(25(35)29-18-11-12-20(27)21(28)13-18)16-24(34)30-23-14-22(26(3,4)5)31-33(23)19-9-7-6-8-10-19/h6-14,17H,15-16H2,1-5H3,(H,29,35)(H,30,34). The van der Waals surface area contributed by atoms with Crippen LogP contribution in [0.25, 0.3) is 5.69 Å². The number of amides is 3. The van der Waals surface area contributed by atoms with Crippen LogP contribution in [0, 0.1) is 17.6 Å². The molecule has 186 valence electrons. The molecule has 35 heavy (non-hydrogen) atoms. The Kier molecular flexibility index (Phi) is 7.89. The fourth-order valence-corrected chi connectivity index (χ4v) is 3.39. The highest BCUT2D eigenvalue weighted by Gasteiger charge is 2.23. The van der Waals surface area contributed by atoms with Gasteiger partial charge in [-0.25, -0.2) is 18.3 Å². The van der Waals surface area contributed by atoms with E-state index in [2.05, 4.69) is 15.7 Å². The second kappa shape index (κ2) is 10.7. The van der Waals surface area contributed by atoms with Crippen molar-refractivity contribution in [2.45, 2.75) is 40.0 Å². The maximum Gasteiger partial charge on any atom is 0.322 e. The van der Waals surface area contributed by atoms with Crippen LogP contribution in [0.5, 0.6) is 0 Å². The van der Waals surface area contributed by atoms with Crippen molar-refractivity contribution < 1.29 is 18.4 Å². The zero-order valence-electron chi connectivity index (χ0n) is 20.6. The molecule has 0 bridgehead atoms. The number of carbonyl (C=O) groups is 2. The number of hydrogen-bond donors (Lipinski definition) is 2. The third-order valence-corrected chi connectivity index (χ3v) is 5.12. The molecule has 1 heterocycles. The number of halogens is 2. The molecule has 9 heteroatoms. The minimum atomic E-state index is -1.07. The number of para-hydroxylation sites is 1. The molecule has 0 radical (unpaired) electrons. The molecule has 0 saturated carbocycles.